The van der Waals surface area contributed by atoms with Crippen molar-refractivity contribution in [3.05, 3.63) is 29.8 Å². The number of benzene rings is 1. The zero-order valence-corrected chi connectivity index (χ0v) is 13.2. The number of anilines is 1. The van der Waals surface area contributed by atoms with E-state index in [-0.39, 0.29) is 5.91 Å². The van der Waals surface area contributed by atoms with Crippen molar-refractivity contribution in [1.82, 2.24) is 9.80 Å². The molecule has 1 aliphatic rings. The molecule has 1 amide bonds. The van der Waals surface area contributed by atoms with E-state index in [4.69, 9.17) is 5.73 Å². The predicted molar refractivity (Wildman–Crippen MR) is 87.0 cm³/mol. The molecule has 4 heteroatoms. The summed E-state index contributed by atoms with van der Waals surface area (Å²) in [5.41, 5.74) is 7.76. The van der Waals surface area contributed by atoms with Crippen molar-refractivity contribution < 1.29 is 4.79 Å². The molecule has 1 heterocycles. The summed E-state index contributed by atoms with van der Waals surface area (Å²) in [5, 5.41) is 0. The second kappa shape index (κ2) is 7.46. The Labute approximate surface area is 127 Å². The van der Waals surface area contributed by atoms with Crippen molar-refractivity contribution in [3.63, 3.8) is 0 Å². The van der Waals surface area contributed by atoms with Crippen LogP contribution in [-0.4, -0.2) is 49.4 Å². The summed E-state index contributed by atoms with van der Waals surface area (Å²) >= 11 is 0. The van der Waals surface area contributed by atoms with Crippen LogP contribution in [0.3, 0.4) is 0 Å². The molecule has 1 unspecified atom stereocenters. The number of hydrogen-bond acceptors (Lipinski definition) is 3. The maximum Gasteiger partial charge on any atom is 0.222 e. The Bertz CT molecular complexity index is 475. The number of carbonyl (C=O) groups excluding carboxylic acids is 1. The third-order valence-corrected chi connectivity index (χ3v) is 4.34. The van der Waals surface area contributed by atoms with E-state index in [1.54, 1.807) is 0 Å². The van der Waals surface area contributed by atoms with Crippen molar-refractivity contribution in [2.24, 2.45) is 5.92 Å². The topological polar surface area (TPSA) is 49.6 Å². The first-order chi connectivity index (χ1) is 10.1. The Morgan fingerprint density at radius 1 is 1.43 bits per heavy atom. The number of nitrogens with zero attached hydrogens (tertiary/aromatic N) is 2. The number of amides is 1. The SMILES string of the molecule is CN1CCCC(CN(C)C(=O)CCc2ccccc2N)C1. The summed E-state index contributed by atoms with van der Waals surface area (Å²) in [6.07, 6.45) is 3.73. The van der Waals surface area contributed by atoms with Gasteiger partial charge >= 0.3 is 0 Å². The lowest BCUT2D eigenvalue weighted by Gasteiger charge is -2.32. The molecule has 0 saturated carbocycles. The molecular formula is C17H27N3O. The van der Waals surface area contributed by atoms with Crippen molar-refractivity contribution >= 4 is 11.6 Å². The van der Waals surface area contributed by atoms with Crippen LogP contribution in [0.4, 0.5) is 5.69 Å². The number of likely N-dealkylation sites (tertiary alicyclic amines) is 1. The molecule has 1 fully saturated rings. The molecule has 1 aliphatic heterocycles. The van der Waals surface area contributed by atoms with Gasteiger partial charge in [-0.1, -0.05) is 18.2 Å². The lowest BCUT2D eigenvalue weighted by Crippen LogP contribution is -2.40. The lowest BCUT2D eigenvalue weighted by molar-refractivity contribution is -0.130. The first-order valence-corrected chi connectivity index (χ1v) is 7.82. The smallest absolute Gasteiger partial charge is 0.222 e. The van der Waals surface area contributed by atoms with E-state index in [1.807, 2.05) is 36.2 Å². The Balaban J connectivity index is 1.78. The molecule has 1 atom stereocenters. The largest absolute Gasteiger partial charge is 0.399 e. The van der Waals surface area contributed by atoms with Crippen LogP contribution < -0.4 is 5.73 Å². The fraction of sp³-hybridized carbons (Fsp3) is 0.588. The molecule has 1 saturated heterocycles. The number of nitrogen functional groups attached to an aromatic ring is 1. The van der Waals surface area contributed by atoms with Crippen LogP contribution in [0.2, 0.25) is 0 Å². The standard InChI is InChI=1S/C17H27N3O/c1-19-11-5-6-14(12-19)13-20(2)17(21)10-9-15-7-3-4-8-16(15)18/h3-4,7-8,14H,5-6,9-13,18H2,1-2H3. The van der Waals surface area contributed by atoms with E-state index in [0.717, 1.165) is 30.8 Å². The van der Waals surface area contributed by atoms with E-state index in [9.17, 15) is 4.79 Å². The predicted octanol–water partition coefficient (Wildman–Crippen LogP) is 2.00. The third kappa shape index (κ3) is 4.74. The normalized spacial score (nSPS) is 19.4. The van der Waals surface area contributed by atoms with Gasteiger partial charge in [0, 0.05) is 32.2 Å². The second-order valence-electron chi connectivity index (χ2n) is 6.24. The molecule has 21 heavy (non-hydrogen) atoms. The number of carbonyl (C=O) groups is 1. The number of para-hydroxylation sites is 1. The van der Waals surface area contributed by atoms with Gasteiger partial charge in [-0.25, -0.2) is 0 Å². The van der Waals surface area contributed by atoms with Crippen molar-refractivity contribution in [1.29, 1.82) is 0 Å². The molecule has 2 rings (SSSR count). The Hall–Kier alpha value is -1.55. The van der Waals surface area contributed by atoms with E-state index >= 15 is 0 Å². The molecule has 2 N–H and O–H groups in total. The van der Waals surface area contributed by atoms with Crippen molar-refractivity contribution in [2.75, 3.05) is 39.5 Å². The molecule has 116 valence electrons. The van der Waals surface area contributed by atoms with E-state index in [0.29, 0.717) is 12.3 Å². The Morgan fingerprint density at radius 3 is 2.90 bits per heavy atom. The number of nitrogens with two attached hydrogens (primary N) is 1. The average Bonchev–Trinajstić information content (AvgIpc) is 2.46. The minimum Gasteiger partial charge on any atom is -0.399 e. The van der Waals surface area contributed by atoms with Gasteiger partial charge in [-0.05, 0) is 50.4 Å². The fourth-order valence-electron chi connectivity index (χ4n) is 3.11. The summed E-state index contributed by atoms with van der Waals surface area (Å²) in [6, 6.07) is 7.78. The second-order valence-corrected chi connectivity index (χ2v) is 6.24. The van der Waals surface area contributed by atoms with Crippen LogP contribution in [0, 0.1) is 5.92 Å². The summed E-state index contributed by atoms with van der Waals surface area (Å²) in [5.74, 6) is 0.825. The minimum atomic E-state index is 0.214. The number of piperidine rings is 1. The summed E-state index contributed by atoms with van der Waals surface area (Å²) in [6.45, 7) is 3.15. The molecule has 0 spiro atoms. The van der Waals surface area contributed by atoms with Crippen LogP contribution in [0.25, 0.3) is 0 Å². The first kappa shape index (κ1) is 15.8. The van der Waals surface area contributed by atoms with Gasteiger partial charge in [-0.3, -0.25) is 4.79 Å². The molecule has 1 aromatic carbocycles. The van der Waals surface area contributed by atoms with E-state index < -0.39 is 0 Å². The van der Waals surface area contributed by atoms with Crippen LogP contribution in [0.15, 0.2) is 24.3 Å². The summed E-state index contributed by atoms with van der Waals surface area (Å²) in [7, 11) is 4.08. The van der Waals surface area contributed by atoms with Crippen LogP contribution in [0.5, 0.6) is 0 Å². The molecule has 0 aromatic heterocycles. The molecule has 0 aliphatic carbocycles. The Morgan fingerprint density at radius 2 is 2.19 bits per heavy atom. The van der Waals surface area contributed by atoms with Crippen LogP contribution in [-0.2, 0) is 11.2 Å². The van der Waals surface area contributed by atoms with E-state index in [2.05, 4.69) is 11.9 Å². The van der Waals surface area contributed by atoms with Gasteiger partial charge in [0.2, 0.25) is 5.91 Å². The highest BCUT2D eigenvalue weighted by molar-refractivity contribution is 5.76. The average molecular weight is 289 g/mol. The highest BCUT2D eigenvalue weighted by atomic mass is 16.2. The minimum absolute atomic E-state index is 0.214. The molecular weight excluding hydrogens is 262 g/mol. The number of aryl methyl sites for hydroxylation is 1. The fourth-order valence-corrected chi connectivity index (χ4v) is 3.11. The monoisotopic (exact) mass is 289 g/mol. The van der Waals surface area contributed by atoms with Gasteiger partial charge in [0.1, 0.15) is 0 Å². The molecule has 4 nitrogen and oxygen atoms in total. The molecule has 0 bridgehead atoms. The van der Waals surface area contributed by atoms with Crippen LogP contribution in [0.1, 0.15) is 24.8 Å². The van der Waals surface area contributed by atoms with E-state index in [1.165, 1.54) is 19.4 Å². The summed E-state index contributed by atoms with van der Waals surface area (Å²) in [4.78, 5) is 16.5. The van der Waals surface area contributed by atoms with Gasteiger partial charge in [0.05, 0.1) is 0 Å². The van der Waals surface area contributed by atoms with Gasteiger partial charge in [0.25, 0.3) is 0 Å². The zero-order valence-electron chi connectivity index (χ0n) is 13.2. The Kier molecular flexibility index (Phi) is 5.62. The third-order valence-electron chi connectivity index (χ3n) is 4.34. The quantitative estimate of drug-likeness (QED) is 0.844. The zero-order chi connectivity index (χ0) is 15.2. The highest BCUT2D eigenvalue weighted by Crippen LogP contribution is 2.17. The van der Waals surface area contributed by atoms with Crippen LogP contribution >= 0.6 is 0 Å². The van der Waals surface area contributed by atoms with Gasteiger partial charge < -0.3 is 15.5 Å². The molecule has 0 radical (unpaired) electrons. The van der Waals surface area contributed by atoms with Gasteiger partial charge in [-0.15, -0.1) is 0 Å². The van der Waals surface area contributed by atoms with Gasteiger partial charge in [0.15, 0.2) is 0 Å². The van der Waals surface area contributed by atoms with Crippen molar-refractivity contribution in [2.45, 2.75) is 25.7 Å². The molecule has 1 aromatic rings. The van der Waals surface area contributed by atoms with Gasteiger partial charge in [-0.2, -0.15) is 0 Å². The summed E-state index contributed by atoms with van der Waals surface area (Å²) < 4.78 is 0. The number of rotatable bonds is 5. The maximum absolute atomic E-state index is 12.3. The highest BCUT2D eigenvalue weighted by Gasteiger charge is 2.20. The maximum atomic E-state index is 12.3. The first-order valence-electron chi connectivity index (χ1n) is 7.82. The van der Waals surface area contributed by atoms with Crippen molar-refractivity contribution in [3.8, 4) is 0 Å². The lowest BCUT2D eigenvalue weighted by atomic mass is 9.98. The number of hydrogen-bond donors (Lipinski definition) is 1.